The van der Waals surface area contributed by atoms with Crippen LogP contribution in [-0.2, 0) is 0 Å². The lowest BCUT2D eigenvalue weighted by Gasteiger charge is -2.07. The molecule has 86 valence electrons. The molecule has 0 radical (unpaired) electrons. The van der Waals surface area contributed by atoms with Crippen molar-refractivity contribution in [3.63, 3.8) is 0 Å². The van der Waals surface area contributed by atoms with Crippen molar-refractivity contribution in [3.05, 3.63) is 18.3 Å². The van der Waals surface area contributed by atoms with Crippen LogP contribution in [0, 0.1) is 0 Å². The van der Waals surface area contributed by atoms with Crippen LogP contribution < -0.4 is 5.32 Å². The molecule has 6 heteroatoms. The minimum absolute atomic E-state index is 0.0769. The van der Waals surface area contributed by atoms with Gasteiger partial charge in [-0.05, 0) is 19.9 Å². The van der Waals surface area contributed by atoms with Crippen molar-refractivity contribution in [1.29, 1.82) is 0 Å². The molecule has 0 spiro atoms. The number of aromatic nitrogens is 4. The van der Waals surface area contributed by atoms with Gasteiger partial charge in [-0.25, -0.2) is 0 Å². The number of H-pyrrole nitrogens is 1. The molecule has 2 aromatic heterocycles. The first kappa shape index (κ1) is 10.8. The molecule has 6 nitrogen and oxygen atoms in total. The maximum absolute atomic E-state index is 5.54. The first-order valence-electron chi connectivity index (χ1n) is 5.37. The fourth-order valence-corrected chi connectivity index (χ4v) is 1.34. The van der Waals surface area contributed by atoms with Crippen molar-refractivity contribution in [2.24, 2.45) is 0 Å². The summed E-state index contributed by atoms with van der Waals surface area (Å²) in [5, 5.41) is 17.8. The van der Waals surface area contributed by atoms with E-state index in [-0.39, 0.29) is 6.04 Å². The summed E-state index contributed by atoms with van der Waals surface area (Å²) in [5.74, 6) is 1.10. The highest BCUT2D eigenvalue weighted by Gasteiger charge is 2.14. The maximum atomic E-state index is 5.54. The number of hydrogen-bond donors (Lipinski definition) is 2. The molecule has 2 N–H and O–H groups in total. The average Bonchev–Trinajstić information content (AvgIpc) is 2.94. The van der Waals surface area contributed by atoms with E-state index in [0.717, 1.165) is 18.5 Å². The first-order chi connectivity index (χ1) is 7.81. The summed E-state index contributed by atoms with van der Waals surface area (Å²) in [6.45, 7) is 5.05. The predicted octanol–water partition coefficient (Wildman–Crippen LogP) is 1.52. The molecule has 0 bridgehead atoms. The number of rotatable bonds is 5. The van der Waals surface area contributed by atoms with Crippen LogP contribution in [0.3, 0.4) is 0 Å². The van der Waals surface area contributed by atoms with Crippen molar-refractivity contribution < 1.29 is 4.42 Å². The van der Waals surface area contributed by atoms with Gasteiger partial charge in [0.2, 0.25) is 5.89 Å². The number of hydrogen-bond acceptors (Lipinski definition) is 5. The Morgan fingerprint density at radius 3 is 3.06 bits per heavy atom. The molecule has 0 aliphatic rings. The van der Waals surface area contributed by atoms with Gasteiger partial charge in [-0.15, -0.1) is 10.2 Å². The maximum Gasteiger partial charge on any atom is 0.250 e. The van der Waals surface area contributed by atoms with Crippen molar-refractivity contribution in [1.82, 2.24) is 25.7 Å². The first-order valence-corrected chi connectivity index (χ1v) is 5.37. The van der Waals surface area contributed by atoms with E-state index >= 15 is 0 Å². The molecule has 0 aliphatic heterocycles. The summed E-state index contributed by atoms with van der Waals surface area (Å²) in [5.41, 5.74) is 0.807. The summed E-state index contributed by atoms with van der Waals surface area (Å²) in [7, 11) is 0. The molecule has 0 amide bonds. The quantitative estimate of drug-likeness (QED) is 0.800. The van der Waals surface area contributed by atoms with Crippen LogP contribution in [0.1, 0.15) is 32.2 Å². The van der Waals surface area contributed by atoms with Crippen LogP contribution in [0.2, 0.25) is 0 Å². The number of nitrogens with zero attached hydrogens (tertiary/aromatic N) is 3. The topological polar surface area (TPSA) is 79.6 Å². The van der Waals surface area contributed by atoms with Crippen LogP contribution in [0.25, 0.3) is 11.5 Å². The van der Waals surface area contributed by atoms with E-state index in [1.165, 1.54) is 0 Å². The Morgan fingerprint density at radius 2 is 2.38 bits per heavy atom. The van der Waals surface area contributed by atoms with Crippen LogP contribution >= 0.6 is 0 Å². The summed E-state index contributed by atoms with van der Waals surface area (Å²) in [6.07, 6.45) is 4.45. The van der Waals surface area contributed by atoms with Crippen LogP contribution in [0.5, 0.6) is 0 Å². The zero-order valence-electron chi connectivity index (χ0n) is 9.40. The van der Waals surface area contributed by atoms with Crippen LogP contribution in [0.15, 0.2) is 16.8 Å². The lowest BCUT2D eigenvalue weighted by atomic mass is 10.3. The smallest absolute Gasteiger partial charge is 0.250 e. The van der Waals surface area contributed by atoms with Crippen molar-refractivity contribution in [2.75, 3.05) is 6.54 Å². The molecule has 0 saturated heterocycles. The summed E-state index contributed by atoms with van der Waals surface area (Å²) < 4.78 is 5.54. The van der Waals surface area contributed by atoms with Crippen LogP contribution in [0.4, 0.5) is 0 Å². The van der Waals surface area contributed by atoms with Gasteiger partial charge in [-0.1, -0.05) is 6.92 Å². The van der Waals surface area contributed by atoms with E-state index < -0.39 is 0 Å². The Labute approximate surface area is 93.5 Å². The highest BCUT2D eigenvalue weighted by molar-refractivity contribution is 5.48. The van der Waals surface area contributed by atoms with Gasteiger partial charge >= 0.3 is 0 Å². The third-order valence-corrected chi connectivity index (χ3v) is 2.26. The minimum atomic E-state index is 0.0769. The van der Waals surface area contributed by atoms with Crippen molar-refractivity contribution in [3.8, 4) is 11.5 Å². The molecule has 16 heavy (non-hydrogen) atoms. The molecular weight excluding hydrogens is 206 g/mol. The van der Waals surface area contributed by atoms with Gasteiger partial charge in [-0.2, -0.15) is 5.10 Å². The molecule has 0 saturated carbocycles. The van der Waals surface area contributed by atoms with Crippen molar-refractivity contribution in [2.45, 2.75) is 26.3 Å². The Bertz CT molecular complexity index is 422. The summed E-state index contributed by atoms with van der Waals surface area (Å²) in [4.78, 5) is 0. The molecular formula is C10H15N5O. The molecule has 1 atom stereocenters. The molecule has 2 heterocycles. The zero-order valence-corrected chi connectivity index (χ0v) is 9.40. The molecule has 0 aromatic carbocycles. The van der Waals surface area contributed by atoms with Crippen LogP contribution in [-0.4, -0.2) is 26.9 Å². The van der Waals surface area contributed by atoms with E-state index in [9.17, 15) is 0 Å². The van der Waals surface area contributed by atoms with E-state index in [0.29, 0.717) is 11.8 Å². The predicted molar refractivity (Wildman–Crippen MR) is 58.6 cm³/mol. The monoisotopic (exact) mass is 221 g/mol. The summed E-state index contributed by atoms with van der Waals surface area (Å²) >= 11 is 0. The van der Waals surface area contributed by atoms with Gasteiger partial charge in [0, 0.05) is 6.20 Å². The molecule has 2 rings (SSSR count). The third-order valence-electron chi connectivity index (χ3n) is 2.26. The highest BCUT2D eigenvalue weighted by Crippen LogP contribution is 2.18. The number of nitrogens with one attached hydrogen (secondary N) is 2. The SMILES string of the molecule is CCCNC(C)c1nnc(-c2cn[nH]c2)o1. The third kappa shape index (κ3) is 2.27. The van der Waals surface area contributed by atoms with E-state index in [4.69, 9.17) is 4.42 Å². The average molecular weight is 221 g/mol. The Balaban J connectivity index is 2.07. The van der Waals surface area contributed by atoms with Gasteiger partial charge in [0.25, 0.3) is 5.89 Å². The second kappa shape index (κ2) is 4.89. The largest absolute Gasteiger partial charge is 0.419 e. The lowest BCUT2D eigenvalue weighted by Crippen LogP contribution is -2.19. The Kier molecular flexibility index (Phi) is 3.31. The fraction of sp³-hybridized carbons (Fsp3) is 0.500. The fourth-order valence-electron chi connectivity index (χ4n) is 1.34. The van der Waals surface area contributed by atoms with Gasteiger partial charge in [0.15, 0.2) is 0 Å². The van der Waals surface area contributed by atoms with E-state index in [1.54, 1.807) is 12.4 Å². The molecule has 0 fully saturated rings. The second-order valence-electron chi connectivity index (χ2n) is 3.61. The van der Waals surface area contributed by atoms with Crippen molar-refractivity contribution >= 4 is 0 Å². The highest BCUT2D eigenvalue weighted by atomic mass is 16.4. The number of aromatic amines is 1. The summed E-state index contributed by atoms with van der Waals surface area (Å²) in [6, 6.07) is 0.0769. The van der Waals surface area contributed by atoms with Gasteiger partial charge in [-0.3, -0.25) is 5.10 Å². The van der Waals surface area contributed by atoms with Gasteiger partial charge < -0.3 is 9.73 Å². The second-order valence-corrected chi connectivity index (χ2v) is 3.61. The van der Waals surface area contributed by atoms with Gasteiger partial charge in [0.05, 0.1) is 17.8 Å². The molecule has 2 aromatic rings. The Hall–Kier alpha value is -1.69. The van der Waals surface area contributed by atoms with E-state index in [1.807, 2.05) is 6.92 Å². The van der Waals surface area contributed by atoms with E-state index in [2.05, 4.69) is 32.6 Å². The lowest BCUT2D eigenvalue weighted by molar-refractivity contribution is 0.423. The normalized spacial score (nSPS) is 12.9. The standard InChI is InChI=1S/C10H15N5O/c1-3-4-11-7(2)9-14-15-10(16-9)8-5-12-13-6-8/h5-7,11H,3-4H2,1-2H3,(H,12,13). The molecule has 1 unspecified atom stereocenters. The zero-order chi connectivity index (χ0) is 11.4. The minimum Gasteiger partial charge on any atom is -0.419 e. The Morgan fingerprint density at radius 1 is 1.50 bits per heavy atom. The van der Waals surface area contributed by atoms with Gasteiger partial charge in [0.1, 0.15) is 0 Å². The molecule has 0 aliphatic carbocycles.